The number of hydrogen-bond acceptors (Lipinski definition) is 21. The molecule has 424 valence electrons. The summed E-state index contributed by atoms with van der Waals surface area (Å²) in [6.45, 7) is 8.33. The molecule has 27 nitrogen and oxygen atoms in total. The molecule has 3 aliphatic rings. The summed E-state index contributed by atoms with van der Waals surface area (Å²) in [4.78, 5) is 50.2. The Labute approximate surface area is 469 Å². The highest BCUT2D eigenvalue weighted by molar-refractivity contribution is 7.30. The number of aromatic nitrogens is 15. The monoisotopic (exact) mass is 1160 g/mol. The second-order valence-electron chi connectivity index (χ2n) is 20.6. The maximum absolute atomic E-state index is 9.15. The van der Waals surface area contributed by atoms with Gasteiger partial charge in [-0.25, -0.2) is 40.4 Å². The second kappa shape index (κ2) is 28.0. The molecular formula is C51H62N18O9P2Si. The van der Waals surface area contributed by atoms with Gasteiger partial charge in [0.05, 0.1) is 91.3 Å². The van der Waals surface area contributed by atoms with Crippen LogP contribution in [0.1, 0.15) is 78.8 Å². The van der Waals surface area contributed by atoms with Crippen molar-refractivity contribution in [1.29, 1.82) is 15.8 Å². The number of nitriles is 3. The van der Waals surface area contributed by atoms with Gasteiger partial charge in [0.1, 0.15) is 42.7 Å². The molecule has 12 rings (SSSR count). The van der Waals surface area contributed by atoms with Crippen LogP contribution in [0.25, 0.3) is 66.9 Å². The summed E-state index contributed by atoms with van der Waals surface area (Å²) in [5, 5.41) is 57.7. The van der Waals surface area contributed by atoms with E-state index in [-0.39, 0.29) is 21.0 Å². The maximum atomic E-state index is 9.15. The molecule has 9 aromatic heterocycles. The van der Waals surface area contributed by atoms with Crippen LogP contribution in [0.2, 0.25) is 25.7 Å². The summed E-state index contributed by atoms with van der Waals surface area (Å²) in [5.74, 6) is 1.76. The first-order valence-corrected chi connectivity index (χ1v) is 31.7. The third-order valence-corrected chi connectivity index (χ3v) is 15.6. The molecule has 0 spiro atoms. The summed E-state index contributed by atoms with van der Waals surface area (Å²) < 4.78 is 37.0. The van der Waals surface area contributed by atoms with Gasteiger partial charge in [0.25, 0.3) is 0 Å². The van der Waals surface area contributed by atoms with E-state index in [0.29, 0.717) is 43.7 Å². The predicted octanol–water partition coefficient (Wildman–Crippen LogP) is 9.32. The lowest BCUT2D eigenvalue weighted by Gasteiger charge is -2.15. The average Bonchev–Trinajstić information content (AvgIpc) is 4.49. The minimum atomic E-state index is -3.04. The zero-order chi connectivity index (χ0) is 57.5. The quantitative estimate of drug-likeness (QED) is 0.0192. The largest absolute Gasteiger partial charge is 0.565 e. The van der Waals surface area contributed by atoms with Crippen LogP contribution < -0.4 is 9.79 Å². The molecule has 0 aliphatic heterocycles. The molecule has 3 fully saturated rings. The van der Waals surface area contributed by atoms with Crippen LogP contribution in [0.15, 0.2) is 93.0 Å². The van der Waals surface area contributed by atoms with E-state index in [1.165, 1.54) is 38.5 Å². The van der Waals surface area contributed by atoms with Gasteiger partial charge in [0.15, 0.2) is 0 Å². The smallest absolute Gasteiger partial charge is 0.521 e. The molecule has 30 heteroatoms. The molecule has 5 atom stereocenters. The molecule has 2 unspecified atom stereocenters. The van der Waals surface area contributed by atoms with E-state index in [0.717, 1.165) is 79.5 Å². The number of fused-ring (bicyclic) bond motifs is 3. The summed E-state index contributed by atoms with van der Waals surface area (Å²) >= 11 is 0. The van der Waals surface area contributed by atoms with E-state index < -0.39 is 24.6 Å². The standard InChI is InChI=1S/C21H28N6OSi.2C15H14N6.2HO4P.2H2/c1-29(2,3)11-10-28-15-26-9-7-18-20(23-14-24-21(18)26)17-12-25-27(13-17)19(6-8-22)16-4-5-16;2*16-5-3-13(10-1-2-10)21-8-11(7-20-21)14-12-4-6-17-15(12)19-9-18-14;2*1-4-5(2)3;;/h7,9,12-14,16,19H,4-6,10-11,15H2,1-3H3;2*4,6-10,13H,1-3H2,(H,17,18,19);2*1H;2*1H/t19-;2*13-;;;;/m111..../s1. The topological polar surface area (TPSA) is 387 Å². The lowest BCUT2D eigenvalue weighted by atomic mass is 10.1. The van der Waals surface area contributed by atoms with Crippen LogP contribution in [-0.2, 0) is 29.9 Å². The van der Waals surface area contributed by atoms with Crippen molar-refractivity contribution >= 4 is 57.7 Å². The number of ether oxygens (including phenoxy) is 1. The lowest BCUT2D eigenvalue weighted by molar-refractivity contribution is -0.245. The molecule has 81 heavy (non-hydrogen) atoms. The van der Waals surface area contributed by atoms with Crippen LogP contribution in [0.3, 0.4) is 0 Å². The third-order valence-electron chi connectivity index (χ3n) is 13.7. The van der Waals surface area contributed by atoms with Gasteiger partial charge in [-0.3, -0.25) is 14.0 Å². The molecule has 4 N–H and O–H groups in total. The highest BCUT2D eigenvalue weighted by Crippen LogP contribution is 2.44. The zero-order valence-corrected chi connectivity index (χ0v) is 47.2. The average molecular weight is 1160 g/mol. The minimum Gasteiger partial charge on any atom is -0.565 e. The van der Waals surface area contributed by atoms with Gasteiger partial charge in [-0.05, 0) is 89.7 Å². The van der Waals surface area contributed by atoms with Crippen molar-refractivity contribution in [3.8, 4) is 52.0 Å². The molecule has 0 aromatic carbocycles. The van der Waals surface area contributed by atoms with Crippen molar-refractivity contribution in [2.75, 3.05) is 6.61 Å². The Morgan fingerprint density at radius 1 is 0.642 bits per heavy atom. The third kappa shape index (κ3) is 16.2. The summed E-state index contributed by atoms with van der Waals surface area (Å²) in [5.41, 5.74) is 8.01. The fraction of sp³-hybridized carbons (Fsp3) is 0.412. The fourth-order valence-electron chi connectivity index (χ4n) is 9.16. The predicted molar refractivity (Wildman–Crippen MR) is 296 cm³/mol. The first-order valence-electron chi connectivity index (χ1n) is 25.8. The number of rotatable bonds is 19. The Balaban J connectivity index is 0.000000185. The Morgan fingerprint density at radius 2 is 1.02 bits per heavy atom. The van der Waals surface area contributed by atoms with Crippen molar-refractivity contribution in [1.82, 2.24) is 73.8 Å². The molecule has 3 saturated carbocycles. The molecule has 0 radical (unpaired) electrons. The Hall–Kier alpha value is -7.90. The molecule has 0 bridgehead atoms. The molecule has 3 aliphatic carbocycles. The number of aromatic amines is 2. The van der Waals surface area contributed by atoms with Crippen LogP contribution in [0, 0.1) is 51.7 Å². The number of H-pyrrole nitrogens is 2. The Kier molecular flexibility index (Phi) is 20.5. The van der Waals surface area contributed by atoms with E-state index in [1.54, 1.807) is 19.0 Å². The van der Waals surface area contributed by atoms with Gasteiger partial charge in [-0.2, -0.15) is 31.1 Å². The van der Waals surface area contributed by atoms with E-state index >= 15 is 0 Å². The first-order chi connectivity index (χ1) is 39.2. The van der Waals surface area contributed by atoms with Crippen molar-refractivity contribution in [2.45, 2.75) is 108 Å². The first kappa shape index (κ1) is 59.2. The Bertz CT molecular complexity index is 3530. The SMILES string of the molecule is C[Si](C)(C)CCOCn1ccc2c(-c3cnn([C@H](CC#N)C4CC4)c3)ncnc21.N#CC[C@H](C1CC1)n1cc(-c2ncnc3[nH]ccc23)cn1.N#CC[C@H](C1CC1)n1cc(-c2ncnc3[nH]ccc23)cn1.O=[P+]([O-])OO.O=[P+]([O-])OO.[HH].[HH]. The summed E-state index contributed by atoms with van der Waals surface area (Å²) in [7, 11) is -7.18. The van der Waals surface area contributed by atoms with Gasteiger partial charge in [-0.15, -0.1) is 0 Å². The number of hydrogen-bond donors (Lipinski definition) is 4. The van der Waals surface area contributed by atoms with Gasteiger partial charge in [0.2, 0.25) is 0 Å². The molecule has 9 aromatic rings. The van der Waals surface area contributed by atoms with Crippen molar-refractivity contribution in [3.05, 3.63) is 93.0 Å². The van der Waals surface area contributed by atoms with Crippen LogP contribution >= 0.6 is 16.5 Å². The fourth-order valence-corrected chi connectivity index (χ4v) is 9.92. The number of nitrogens with one attached hydrogen (secondary N) is 2. The van der Waals surface area contributed by atoms with Gasteiger partial charge in [-0.1, -0.05) is 19.6 Å². The van der Waals surface area contributed by atoms with E-state index in [9.17, 15) is 0 Å². The summed E-state index contributed by atoms with van der Waals surface area (Å²) in [6, 6.07) is 14.5. The van der Waals surface area contributed by atoms with Crippen molar-refractivity contribution in [2.24, 2.45) is 17.8 Å². The van der Waals surface area contributed by atoms with E-state index in [4.69, 9.17) is 50.0 Å². The van der Waals surface area contributed by atoms with Gasteiger partial charge < -0.3 is 29.1 Å². The second-order valence-corrected chi connectivity index (χ2v) is 27.4. The van der Waals surface area contributed by atoms with Crippen LogP contribution in [0.5, 0.6) is 0 Å². The highest BCUT2D eigenvalue weighted by atomic mass is 31.1. The van der Waals surface area contributed by atoms with E-state index in [1.807, 2.05) is 92.6 Å². The lowest BCUT2D eigenvalue weighted by Crippen LogP contribution is -2.22. The highest BCUT2D eigenvalue weighted by Gasteiger charge is 2.35. The Morgan fingerprint density at radius 3 is 1.38 bits per heavy atom. The molecular weight excluding hydrogens is 1100 g/mol. The zero-order valence-electron chi connectivity index (χ0n) is 44.4. The van der Waals surface area contributed by atoms with E-state index in [2.05, 4.69) is 102 Å². The summed E-state index contributed by atoms with van der Waals surface area (Å²) in [6.07, 6.45) is 30.6. The number of nitrogens with zero attached hydrogens (tertiary/aromatic N) is 16. The molecule has 0 saturated heterocycles. The van der Waals surface area contributed by atoms with Crippen molar-refractivity contribution in [3.63, 3.8) is 0 Å². The van der Waals surface area contributed by atoms with Gasteiger partial charge >= 0.3 is 16.5 Å². The molecule has 0 amide bonds. The van der Waals surface area contributed by atoms with Crippen molar-refractivity contribution < 1.29 is 46.4 Å². The minimum absolute atomic E-state index is 0. The van der Waals surface area contributed by atoms with Crippen LogP contribution in [-0.4, -0.2) is 99.0 Å². The molecule has 9 heterocycles. The van der Waals surface area contributed by atoms with Gasteiger partial charge in [0, 0.05) is 96.9 Å². The van der Waals surface area contributed by atoms with Crippen LogP contribution in [0.4, 0.5) is 0 Å². The maximum Gasteiger partial charge on any atom is 0.521 e. The normalized spacial score (nSPS) is 15.2.